The average molecular weight is 733 g/mol. The van der Waals surface area contributed by atoms with Crippen molar-refractivity contribution in [2.45, 2.75) is 199 Å². The Morgan fingerprint density at radius 3 is 1.69 bits per heavy atom. The first kappa shape index (κ1) is 49.1. The summed E-state index contributed by atoms with van der Waals surface area (Å²) in [6.07, 6.45) is 41.7. The summed E-state index contributed by atoms with van der Waals surface area (Å²) in [6.45, 7) is 3.42. The second-order valence-corrected chi connectivity index (χ2v) is 14.1. The van der Waals surface area contributed by atoms with Crippen LogP contribution in [0.2, 0.25) is 0 Å². The summed E-state index contributed by atoms with van der Waals surface area (Å²) >= 11 is 0. The number of carbonyl (C=O) groups is 4. The van der Waals surface area contributed by atoms with Gasteiger partial charge in [-0.05, 0) is 83.5 Å². The number of carboxylic acid groups (broad SMARTS) is 1. The van der Waals surface area contributed by atoms with Crippen LogP contribution < -0.4 is 10.6 Å². The van der Waals surface area contributed by atoms with Crippen LogP contribution in [0.25, 0.3) is 0 Å². The maximum Gasteiger partial charge on any atom is 0.328 e. The standard InChI is InChI=1S/C43H76N2O7/c1-3-5-7-9-11-13-15-16-18-19-21-24-28-32-38(52-42(49)35-31-27-22-20-17-14-12-10-8-6-4-2)33-29-25-23-26-30-34-40(47)44-36-41(48)45-39(37-46)43(50)51/h10,12,15-16,19,21,38-39,46H,3-9,11,13-14,17-18,20,22-37H2,1-2H3,(H,44,47)(H,45,48)(H,50,51)/b12-10-,16-15-,21-19-. The van der Waals surface area contributed by atoms with Crippen molar-refractivity contribution in [1.82, 2.24) is 10.6 Å². The first-order valence-electron chi connectivity index (χ1n) is 20.9. The number of allylic oxidation sites excluding steroid dienone is 6. The summed E-state index contributed by atoms with van der Waals surface area (Å²) in [6, 6.07) is -1.39. The quantitative estimate of drug-likeness (QED) is 0.0283. The van der Waals surface area contributed by atoms with E-state index < -0.39 is 24.5 Å². The first-order chi connectivity index (χ1) is 25.3. The SMILES string of the molecule is CCCC/C=C\CCCCCCCC(=O)OC(CCC/C=C\C/C=C\CCCCCCC)CCCCCCCC(=O)NCC(=O)NC(CO)C(=O)O. The maximum absolute atomic E-state index is 12.7. The molecule has 300 valence electrons. The molecule has 0 aliphatic rings. The van der Waals surface area contributed by atoms with Crippen molar-refractivity contribution in [3.63, 3.8) is 0 Å². The van der Waals surface area contributed by atoms with Crippen molar-refractivity contribution in [1.29, 1.82) is 0 Å². The molecule has 0 aromatic carbocycles. The number of aliphatic hydroxyl groups is 1. The van der Waals surface area contributed by atoms with E-state index in [1.165, 1.54) is 70.6 Å². The highest BCUT2D eigenvalue weighted by Gasteiger charge is 2.19. The molecular weight excluding hydrogens is 656 g/mol. The van der Waals surface area contributed by atoms with E-state index in [4.69, 9.17) is 14.9 Å². The summed E-state index contributed by atoms with van der Waals surface area (Å²) < 4.78 is 5.98. The van der Waals surface area contributed by atoms with Crippen LogP contribution in [-0.4, -0.2) is 59.3 Å². The Balaban J connectivity index is 4.40. The fourth-order valence-corrected chi connectivity index (χ4v) is 5.85. The second-order valence-electron chi connectivity index (χ2n) is 14.1. The molecule has 0 aromatic rings. The molecule has 0 aliphatic heterocycles. The Hall–Kier alpha value is -2.94. The molecule has 0 bridgehead atoms. The Labute approximate surface area is 316 Å². The molecule has 0 radical (unpaired) electrons. The third-order valence-corrected chi connectivity index (χ3v) is 9.11. The van der Waals surface area contributed by atoms with E-state index in [0.29, 0.717) is 12.8 Å². The zero-order chi connectivity index (χ0) is 38.3. The number of esters is 1. The summed E-state index contributed by atoms with van der Waals surface area (Å²) in [5.74, 6) is -2.34. The van der Waals surface area contributed by atoms with Crippen molar-refractivity contribution in [2.75, 3.05) is 13.2 Å². The molecule has 0 aromatic heterocycles. The summed E-state index contributed by atoms with van der Waals surface area (Å²) in [4.78, 5) is 47.5. The van der Waals surface area contributed by atoms with Crippen LogP contribution in [0.1, 0.15) is 187 Å². The number of carboxylic acids is 1. The maximum atomic E-state index is 12.7. The van der Waals surface area contributed by atoms with Crippen LogP contribution in [0.3, 0.4) is 0 Å². The Morgan fingerprint density at radius 2 is 1.08 bits per heavy atom. The van der Waals surface area contributed by atoms with Crippen molar-refractivity contribution < 1.29 is 34.1 Å². The summed E-state index contributed by atoms with van der Waals surface area (Å²) in [5, 5.41) is 22.5. The molecule has 9 heteroatoms. The second kappa shape index (κ2) is 37.8. The third kappa shape index (κ3) is 34.2. The van der Waals surface area contributed by atoms with Crippen molar-refractivity contribution >= 4 is 23.8 Å². The van der Waals surface area contributed by atoms with Gasteiger partial charge in [0.05, 0.1) is 13.2 Å². The number of hydrogen-bond donors (Lipinski definition) is 4. The highest BCUT2D eigenvalue weighted by molar-refractivity contribution is 5.87. The van der Waals surface area contributed by atoms with Crippen LogP contribution >= 0.6 is 0 Å². The molecule has 2 atom stereocenters. The lowest BCUT2D eigenvalue weighted by atomic mass is 10.0. The molecule has 4 N–H and O–H groups in total. The Morgan fingerprint density at radius 1 is 0.577 bits per heavy atom. The number of carbonyl (C=O) groups excluding carboxylic acids is 3. The number of amides is 2. The smallest absolute Gasteiger partial charge is 0.328 e. The lowest BCUT2D eigenvalue weighted by Crippen LogP contribution is -2.47. The molecule has 2 amide bonds. The van der Waals surface area contributed by atoms with Gasteiger partial charge in [0.25, 0.3) is 0 Å². The van der Waals surface area contributed by atoms with Crippen LogP contribution in [0.15, 0.2) is 36.5 Å². The van der Waals surface area contributed by atoms with E-state index in [0.717, 1.165) is 83.5 Å². The normalized spacial score (nSPS) is 12.8. The van der Waals surface area contributed by atoms with Gasteiger partial charge in [-0.1, -0.05) is 127 Å². The van der Waals surface area contributed by atoms with Gasteiger partial charge in [0.15, 0.2) is 0 Å². The number of unbranched alkanes of at least 4 members (excludes halogenated alkanes) is 17. The zero-order valence-corrected chi connectivity index (χ0v) is 33.1. The monoisotopic (exact) mass is 733 g/mol. The zero-order valence-electron chi connectivity index (χ0n) is 33.1. The fourth-order valence-electron chi connectivity index (χ4n) is 5.85. The van der Waals surface area contributed by atoms with Gasteiger partial charge in [-0.2, -0.15) is 0 Å². The molecular formula is C43H76N2O7. The van der Waals surface area contributed by atoms with Crippen molar-refractivity contribution in [2.24, 2.45) is 0 Å². The third-order valence-electron chi connectivity index (χ3n) is 9.11. The van der Waals surface area contributed by atoms with Gasteiger partial charge in [0.1, 0.15) is 12.1 Å². The molecule has 2 unspecified atom stereocenters. The highest BCUT2D eigenvalue weighted by atomic mass is 16.5. The van der Waals surface area contributed by atoms with Gasteiger partial charge < -0.3 is 25.6 Å². The van der Waals surface area contributed by atoms with Gasteiger partial charge in [0, 0.05) is 12.8 Å². The van der Waals surface area contributed by atoms with Crippen LogP contribution in [0, 0.1) is 0 Å². The predicted octanol–water partition coefficient (Wildman–Crippen LogP) is 9.82. The molecule has 0 saturated carbocycles. The van der Waals surface area contributed by atoms with Gasteiger partial charge in [-0.3, -0.25) is 14.4 Å². The fraction of sp³-hybridized carbons (Fsp3) is 0.767. The molecule has 0 fully saturated rings. The van der Waals surface area contributed by atoms with E-state index in [1.54, 1.807) is 0 Å². The topological polar surface area (TPSA) is 142 Å². The number of rotatable bonds is 37. The highest BCUT2D eigenvalue weighted by Crippen LogP contribution is 2.17. The van der Waals surface area contributed by atoms with Crippen molar-refractivity contribution in [3.05, 3.63) is 36.5 Å². The Bertz CT molecular complexity index is 979. The average Bonchev–Trinajstić information content (AvgIpc) is 3.13. The Kier molecular flexibility index (Phi) is 35.7. The van der Waals surface area contributed by atoms with E-state index >= 15 is 0 Å². The molecule has 0 spiro atoms. The van der Waals surface area contributed by atoms with Crippen LogP contribution in [0.5, 0.6) is 0 Å². The molecule has 0 aliphatic carbocycles. The van der Waals surface area contributed by atoms with Gasteiger partial charge in [-0.25, -0.2) is 4.79 Å². The molecule has 0 saturated heterocycles. The molecule has 52 heavy (non-hydrogen) atoms. The molecule has 9 nitrogen and oxygen atoms in total. The van der Waals surface area contributed by atoms with Crippen molar-refractivity contribution in [3.8, 4) is 0 Å². The summed E-state index contributed by atoms with van der Waals surface area (Å²) in [5.41, 5.74) is 0. The summed E-state index contributed by atoms with van der Waals surface area (Å²) in [7, 11) is 0. The molecule has 0 heterocycles. The minimum absolute atomic E-state index is 0.0588. The number of hydrogen-bond acceptors (Lipinski definition) is 6. The van der Waals surface area contributed by atoms with Gasteiger partial charge >= 0.3 is 11.9 Å². The van der Waals surface area contributed by atoms with Crippen LogP contribution in [0.4, 0.5) is 0 Å². The van der Waals surface area contributed by atoms with Crippen LogP contribution in [-0.2, 0) is 23.9 Å². The van der Waals surface area contributed by atoms with E-state index in [2.05, 4.69) is 60.9 Å². The minimum atomic E-state index is -1.39. The van der Waals surface area contributed by atoms with E-state index in [-0.39, 0.29) is 30.9 Å². The van der Waals surface area contributed by atoms with E-state index in [9.17, 15) is 19.2 Å². The van der Waals surface area contributed by atoms with E-state index in [1.807, 2.05) is 0 Å². The lowest BCUT2D eigenvalue weighted by molar-refractivity contribution is -0.150. The minimum Gasteiger partial charge on any atom is -0.480 e. The molecule has 0 rings (SSSR count). The largest absolute Gasteiger partial charge is 0.480 e. The number of aliphatic hydroxyl groups excluding tert-OH is 1. The van der Waals surface area contributed by atoms with Gasteiger partial charge in [0.2, 0.25) is 11.8 Å². The lowest BCUT2D eigenvalue weighted by Gasteiger charge is -2.18. The van der Waals surface area contributed by atoms with Gasteiger partial charge in [-0.15, -0.1) is 0 Å². The number of ether oxygens (including phenoxy) is 1. The number of nitrogens with one attached hydrogen (secondary N) is 2. The predicted molar refractivity (Wildman–Crippen MR) is 213 cm³/mol. The first-order valence-corrected chi connectivity index (χ1v) is 20.9. The number of aliphatic carboxylic acids is 1.